The van der Waals surface area contributed by atoms with Crippen LogP contribution >= 0.6 is 0 Å². The molecule has 0 saturated carbocycles. The van der Waals surface area contributed by atoms with Gasteiger partial charge in [-0.2, -0.15) is 4.73 Å². The van der Waals surface area contributed by atoms with Gasteiger partial charge >= 0.3 is 0 Å². The third kappa shape index (κ3) is 3.15. The molecule has 0 aliphatic heterocycles. The van der Waals surface area contributed by atoms with Crippen LogP contribution in [0.5, 0.6) is 0 Å². The lowest BCUT2D eigenvalue weighted by molar-refractivity contribution is -0.603. The monoisotopic (exact) mass is 274 g/mol. The summed E-state index contributed by atoms with van der Waals surface area (Å²) >= 11 is 0. The SMILES string of the molecule is [O-][n+]1ccc2ccccc2c1.c1ccc2cnccc2c1. The fourth-order valence-corrected chi connectivity index (χ4v) is 2.14. The van der Waals surface area contributed by atoms with Crippen LogP contribution in [0.25, 0.3) is 21.5 Å². The highest BCUT2D eigenvalue weighted by atomic mass is 16.5. The van der Waals surface area contributed by atoms with E-state index >= 15 is 0 Å². The van der Waals surface area contributed by atoms with Crippen molar-refractivity contribution in [1.82, 2.24) is 4.98 Å². The molecule has 0 amide bonds. The summed E-state index contributed by atoms with van der Waals surface area (Å²) in [6, 6.07) is 19.8. The van der Waals surface area contributed by atoms with E-state index in [2.05, 4.69) is 17.1 Å². The summed E-state index contributed by atoms with van der Waals surface area (Å²) in [4.78, 5) is 4.01. The minimum absolute atomic E-state index is 0.808. The summed E-state index contributed by atoms with van der Waals surface area (Å²) in [6.45, 7) is 0. The van der Waals surface area contributed by atoms with Crippen molar-refractivity contribution in [3.63, 3.8) is 0 Å². The second-order valence-corrected chi connectivity index (χ2v) is 4.66. The summed E-state index contributed by atoms with van der Waals surface area (Å²) in [7, 11) is 0. The molecule has 0 saturated heterocycles. The van der Waals surface area contributed by atoms with Crippen LogP contribution in [0.15, 0.2) is 85.5 Å². The summed E-state index contributed by atoms with van der Waals surface area (Å²) < 4.78 is 0.808. The molecule has 0 atom stereocenters. The number of pyridine rings is 2. The average molecular weight is 274 g/mol. The summed E-state index contributed by atoms with van der Waals surface area (Å²) in [5.41, 5.74) is 0. The first-order valence-corrected chi connectivity index (χ1v) is 6.69. The molecule has 21 heavy (non-hydrogen) atoms. The number of nitrogens with zero attached hydrogens (tertiary/aromatic N) is 2. The van der Waals surface area contributed by atoms with E-state index in [1.54, 1.807) is 6.20 Å². The van der Waals surface area contributed by atoms with Crippen LogP contribution < -0.4 is 4.73 Å². The van der Waals surface area contributed by atoms with E-state index in [4.69, 9.17) is 0 Å². The third-order valence-electron chi connectivity index (χ3n) is 3.21. The molecule has 0 N–H and O–H groups in total. The number of fused-ring (bicyclic) bond motifs is 2. The maximum atomic E-state index is 10.8. The molecule has 2 aromatic carbocycles. The van der Waals surface area contributed by atoms with Gasteiger partial charge in [0.25, 0.3) is 0 Å². The molecule has 4 rings (SSSR count). The lowest BCUT2D eigenvalue weighted by Crippen LogP contribution is -2.23. The van der Waals surface area contributed by atoms with Crippen molar-refractivity contribution >= 4 is 21.5 Å². The second kappa shape index (κ2) is 6.01. The topological polar surface area (TPSA) is 39.8 Å². The lowest BCUT2D eigenvalue weighted by atomic mass is 10.2. The standard InChI is InChI=1S/C9H7NO.C9H7N/c11-10-6-5-8-3-1-2-4-9(8)7-10;1-2-4-9-7-10-6-5-8(9)3-1/h1-7H;1-7H. The Labute approximate surface area is 122 Å². The first-order chi connectivity index (χ1) is 10.3. The van der Waals surface area contributed by atoms with Gasteiger partial charge in [0.05, 0.1) is 0 Å². The van der Waals surface area contributed by atoms with Crippen LogP contribution in [0.2, 0.25) is 0 Å². The van der Waals surface area contributed by atoms with Gasteiger partial charge in [-0.3, -0.25) is 4.98 Å². The number of hydrogen-bond donors (Lipinski definition) is 0. The fourth-order valence-electron chi connectivity index (χ4n) is 2.14. The molecule has 102 valence electrons. The Bertz CT molecular complexity index is 809. The quantitative estimate of drug-likeness (QED) is 0.362. The molecule has 2 aromatic heterocycles. The molecular formula is C18H14N2O. The number of rotatable bonds is 0. The Morgan fingerprint density at radius 2 is 1.33 bits per heavy atom. The van der Waals surface area contributed by atoms with Gasteiger partial charge in [0.15, 0.2) is 12.4 Å². The van der Waals surface area contributed by atoms with Gasteiger partial charge in [-0.05, 0) is 28.3 Å². The third-order valence-corrected chi connectivity index (χ3v) is 3.21. The molecule has 3 heteroatoms. The molecule has 0 fully saturated rings. The van der Waals surface area contributed by atoms with Crippen molar-refractivity contribution in [3.05, 3.63) is 90.7 Å². The van der Waals surface area contributed by atoms with Crippen LogP contribution in [0.1, 0.15) is 0 Å². The van der Waals surface area contributed by atoms with Crippen LogP contribution in [-0.4, -0.2) is 4.98 Å². The Balaban J connectivity index is 0.000000126. The van der Waals surface area contributed by atoms with E-state index in [9.17, 15) is 5.21 Å². The van der Waals surface area contributed by atoms with Crippen LogP contribution in [-0.2, 0) is 0 Å². The minimum Gasteiger partial charge on any atom is -0.619 e. The van der Waals surface area contributed by atoms with Crippen molar-refractivity contribution in [2.75, 3.05) is 0 Å². The van der Waals surface area contributed by atoms with Crippen LogP contribution in [0.4, 0.5) is 0 Å². The molecule has 2 heterocycles. The zero-order chi connectivity index (χ0) is 14.5. The van der Waals surface area contributed by atoms with E-state index in [0.29, 0.717) is 0 Å². The predicted octanol–water partition coefficient (Wildman–Crippen LogP) is 3.71. The normalized spacial score (nSPS) is 10.1. The zero-order valence-electron chi connectivity index (χ0n) is 11.4. The van der Waals surface area contributed by atoms with Gasteiger partial charge in [0, 0.05) is 23.8 Å². The van der Waals surface area contributed by atoms with E-state index in [0.717, 1.165) is 15.5 Å². The van der Waals surface area contributed by atoms with Gasteiger partial charge in [0.2, 0.25) is 0 Å². The van der Waals surface area contributed by atoms with Crippen molar-refractivity contribution < 1.29 is 4.73 Å². The first-order valence-electron chi connectivity index (χ1n) is 6.69. The van der Waals surface area contributed by atoms with E-state index in [1.807, 2.05) is 60.9 Å². The maximum absolute atomic E-state index is 10.8. The maximum Gasteiger partial charge on any atom is 0.188 e. The lowest BCUT2D eigenvalue weighted by Gasteiger charge is -1.96. The van der Waals surface area contributed by atoms with Crippen molar-refractivity contribution in [3.8, 4) is 0 Å². The number of hydrogen-bond acceptors (Lipinski definition) is 2. The van der Waals surface area contributed by atoms with Gasteiger partial charge in [0.1, 0.15) is 0 Å². The molecule has 4 aromatic rings. The Morgan fingerprint density at radius 3 is 2.05 bits per heavy atom. The van der Waals surface area contributed by atoms with E-state index in [1.165, 1.54) is 17.0 Å². The predicted molar refractivity (Wildman–Crippen MR) is 84.7 cm³/mol. The minimum atomic E-state index is 0.808. The van der Waals surface area contributed by atoms with Crippen molar-refractivity contribution in [2.45, 2.75) is 0 Å². The molecule has 0 bridgehead atoms. The van der Waals surface area contributed by atoms with E-state index < -0.39 is 0 Å². The highest BCUT2D eigenvalue weighted by Gasteiger charge is 1.93. The smallest absolute Gasteiger partial charge is 0.188 e. The fraction of sp³-hybridized carbons (Fsp3) is 0. The highest BCUT2D eigenvalue weighted by Crippen LogP contribution is 2.10. The second-order valence-electron chi connectivity index (χ2n) is 4.66. The van der Waals surface area contributed by atoms with Gasteiger partial charge in [-0.15, -0.1) is 0 Å². The largest absolute Gasteiger partial charge is 0.619 e. The van der Waals surface area contributed by atoms with Crippen LogP contribution in [0, 0.1) is 5.21 Å². The molecule has 0 aliphatic carbocycles. The van der Waals surface area contributed by atoms with Crippen molar-refractivity contribution in [2.24, 2.45) is 0 Å². The van der Waals surface area contributed by atoms with E-state index in [-0.39, 0.29) is 0 Å². The summed E-state index contributed by atoms with van der Waals surface area (Å²) in [5, 5.41) is 15.3. The van der Waals surface area contributed by atoms with Gasteiger partial charge in [-0.1, -0.05) is 42.5 Å². The van der Waals surface area contributed by atoms with Crippen LogP contribution in [0.3, 0.4) is 0 Å². The molecule has 0 unspecified atom stereocenters. The Hall–Kier alpha value is -2.94. The molecule has 3 nitrogen and oxygen atoms in total. The summed E-state index contributed by atoms with van der Waals surface area (Å²) in [5.74, 6) is 0. The number of benzene rings is 2. The van der Waals surface area contributed by atoms with Gasteiger partial charge < -0.3 is 5.21 Å². The van der Waals surface area contributed by atoms with Gasteiger partial charge in [-0.25, -0.2) is 0 Å². The highest BCUT2D eigenvalue weighted by molar-refractivity contribution is 5.81. The Kier molecular flexibility index (Phi) is 3.74. The molecule has 0 aliphatic rings. The number of aromatic nitrogens is 2. The average Bonchev–Trinajstić information content (AvgIpc) is 2.55. The molecular weight excluding hydrogens is 260 g/mol. The van der Waals surface area contributed by atoms with Crippen molar-refractivity contribution in [1.29, 1.82) is 0 Å². The molecule has 0 radical (unpaired) electrons. The first kappa shape index (κ1) is 13.1. The molecule has 0 spiro atoms. The Morgan fingerprint density at radius 1 is 0.714 bits per heavy atom. The summed E-state index contributed by atoms with van der Waals surface area (Å²) in [6.07, 6.45) is 6.75. The zero-order valence-corrected chi connectivity index (χ0v) is 11.4.